The second kappa shape index (κ2) is 13.6. The molecule has 0 heterocycles. The summed E-state index contributed by atoms with van der Waals surface area (Å²) in [5, 5.41) is 9.69. The molecule has 0 aliphatic rings. The Bertz CT molecular complexity index is 426. The smallest absolute Gasteiger partial charge is 0.463 e. The van der Waals surface area contributed by atoms with Crippen LogP contribution in [-0.4, -0.2) is 74.1 Å². The number of carbonyl (C=O) groups excluding carboxylic acids is 1. The minimum absolute atomic E-state index is 0.0527. The molecule has 8 nitrogen and oxygen atoms in total. The zero-order chi connectivity index (χ0) is 20.1. The molecule has 26 heavy (non-hydrogen) atoms. The fraction of sp³-hybridized carbons (Fsp3) is 0.882. The highest BCUT2D eigenvalue weighted by molar-refractivity contribution is 7.47. The third-order valence-corrected chi connectivity index (χ3v) is 4.50. The van der Waals surface area contributed by atoms with Crippen LogP contribution in [0.2, 0.25) is 0 Å². The lowest BCUT2D eigenvalue weighted by atomic mass is 10.1. The first kappa shape index (κ1) is 25.5. The SMILES string of the molecule is [CH2-]CCCCCCCC(=O)OC[C@@H](O)COP(=O)(O)OCC[N+](C)(C)C. The second-order valence-corrected chi connectivity index (χ2v) is 8.77. The van der Waals surface area contributed by atoms with Crippen molar-refractivity contribution in [2.45, 2.75) is 51.0 Å². The molecule has 2 N–H and O–H groups in total. The van der Waals surface area contributed by atoms with E-state index in [0.717, 1.165) is 38.5 Å². The number of ether oxygens (including phenoxy) is 1. The van der Waals surface area contributed by atoms with E-state index in [9.17, 15) is 19.4 Å². The molecule has 0 amide bonds. The van der Waals surface area contributed by atoms with Gasteiger partial charge in [0.2, 0.25) is 0 Å². The average Bonchev–Trinajstić information content (AvgIpc) is 2.53. The van der Waals surface area contributed by atoms with E-state index >= 15 is 0 Å². The Morgan fingerprint density at radius 1 is 1.08 bits per heavy atom. The van der Waals surface area contributed by atoms with Crippen molar-refractivity contribution < 1.29 is 37.6 Å². The summed E-state index contributed by atoms with van der Waals surface area (Å²) in [5.41, 5.74) is 0. The molecule has 0 aliphatic heterocycles. The molecule has 0 fully saturated rings. The zero-order valence-electron chi connectivity index (χ0n) is 16.4. The standard InChI is InChI=1S/C17H36NO7P/c1-5-6-7-8-9-10-11-17(20)23-14-16(19)15-25-26(21,22)24-13-12-18(2,3)4/h16,19H,1,5-15H2,2-4H3,(H,21,22)/t16-/m1/s1. The van der Waals surface area contributed by atoms with Crippen molar-refractivity contribution >= 4 is 13.8 Å². The van der Waals surface area contributed by atoms with Gasteiger partial charge in [0.05, 0.1) is 27.7 Å². The van der Waals surface area contributed by atoms with Gasteiger partial charge in [0.15, 0.2) is 0 Å². The topological polar surface area (TPSA) is 102 Å². The molecule has 0 rings (SSSR count). The van der Waals surface area contributed by atoms with Crippen LogP contribution < -0.4 is 0 Å². The number of likely N-dealkylation sites (N-methyl/N-ethyl adjacent to an activating group) is 1. The van der Waals surface area contributed by atoms with Crippen LogP contribution >= 0.6 is 7.82 Å². The van der Waals surface area contributed by atoms with Gasteiger partial charge < -0.3 is 26.1 Å². The highest BCUT2D eigenvalue weighted by atomic mass is 31.2. The molecule has 0 aromatic rings. The molecular formula is C17H36NO7P. The van der Waals surface area contributed by atoms with Crippen LogP contribution in [0.5, 0.6) is 0 Å². The summed E-state index contributed by atoms with van der Waals surface area (Å²) in [6.07, 6.45) is 5.04. The van der Waals surface area contributed by atoms with Crippen LogP contribution in [0.25, 0.3) is 0 Å². The predicted molar refractivity (Wildman–Crippen MR) is 99.3 cm³/mol. The third-order valence-electron chi connectivity index (χ3n) is 3.51. The molecule has 156 valence electrons. The minimum Gasteiger partial charge on any atom is -0.463 e. The molecule has 0 aliphatic carbocycles. The van der Waals surface area contributed by atoms with E-state index in [2.05, 4.69) is 6.92 Å². The Kier molecular flexibility index (Phi) is 13.4. The predicted octanol–water partition coefficient (Wildman–Crippen LogP) is 2.30. The van der Waals surface area contributed by atoms with Crippen LogP contribution in [0.3, 0.4) is 0 Å². The largest absolute Gasteiger partial charge is 0.472 e. The number of unbranched alkanes of at least 4 members (excludes halogenated alkanes) is 5. The van der Waals surface area contributed by atoms with Crippen molar-refractivity contribution in [1.82, 2.24) is 0 Å². The van der Waals surface area contributed by atoms with E-state index in [0.29, 0.717) is 17.4 Å². The van der Waals surface area contributed by atoms with Crippen LogP contribution in [-0.2, 0) is 23.1 Å². The molecule has 0 aromatic carbocycles. The first-order valence-electron chi connectivity index (χ1n) is 9.11. The number of quaternary nitrogens is 1. The van der Waals surface area contributed by atoms with Crippen LogP contribution in [0.1, 0.15) is 44.9 Å². The number of hydrogen-bond acceptors (Lipinski definition) is 6. The molecule has 9 heteroatoms. The zero-order valence-corrected chi connectivity index (χ0v) is 17.3. The maximum atomic E-state index is 11.7. The normalized spacial score (nSPS) is 15.5. The van der Waals surface area contributed by atoms with Crippen molar-refractivity contribution in [3.8, 4) is 0 Å². The maximum absolute atomic E-state index is 11.7. The monoisotopic (exact) mass is 397 g/mol. The Balaban J connectivity index is 3.78. The van der Waals surface area contributed by atoms with Crippen molar-refractivity contribution in [1.29, 1.82) is 0 Å². The van der Waals surface area contributed by atoms with Gasteiger partial charge in [-0.2, -0.15) is 6.42 Å². The highest BCUT2D eigenvalue weighted by Gasteiger charge is 2.24. The molecule has 0 spiro atoms. The van der Waals surface area contributed by atoms with E-state index in [1.807, 2.05) is 21.1 Å². The number of nitrogens with zero attached hydrogens (tertiary/aromatic N) is 1. The van der Waals surface area contributed by atoms with Crippen LogP contribution in [0.15, 0.2) is 0 Å². The van der Waals surface area contributed by atoms with Gasteiger partial charge in [-0.1, -0.05) is 25.7 Å². The number of carbonyl (C=O) groups is 1. The Labute approximate surface area is 157 Å². The van der Waals surface area contributed by atoms with Gasteiger partial charge >= 0.3 is 13.8 Å². The maximum Gasteiger partial charge on any atom is 0.472 e. The van der Waals surface area contributed by atoms with E-state index in [1.54, 1.807) is 0 Å². The number of hydrogen-bond donors (Lipinski definition) is 2. The number of aliphatic hydroxyl groups is 1. The number of phosphoric ester groups is 1. The first-order chi connectivity index (χ1) is 12.1. The van der Waals surface area contributed by atoms with Crippen LogP contribution in [0.4, 0.5) is 0 Å². The summed E-state index contributed by atoms with van der Waals surface area (Å²) in [6.45, 7) is 3.63. The highest BCUT2D eigenvalue weighted by Crippen LogP contribution is 2.43. The summed E-state index contributed by atoms with van der Waals surface area (Å²) < 4.78 is 26.7. The molecule has 0 bridgehead atoms. The average molecular weight is 397 g/mol. The Hall–Kier alpha value is -0.500. The fourth-order valence-corrected chi connectivity index (χ4v) is 2.68. The van der Waals surface area contributed by atoms with Gasteiger partial charge in [-0.05, 0) is 6.42 Å². The number of esters is 1. The second-order valence-electron chi connectivity index (χ2n) is 7.32. The van der Waals surface area contributed by atoms with Gasteiger partial charge in [0.1, 0.15) is 25.9 Å². The van der Waals surface area contributed by atoms with Gasteiger partial charge in [-0.15, -0.1) is 0 Å². The van der Waals surface area contributed by atoms with E-state index in [1.165, 1.54) is 0 Å². The van der Waals surface area contributed by atoms with Gasteiger partial charge in [0.25, 0.3) is 0 Å². The lowest BCUT2D eigenvalue weighted by molar-refractivity contribution is -0.870. The third kappa shape index (κ3) is 16.9. The molecule has 1 unspecified atom stereocenters. The van der Waals surface area contributed by atoms with Gasteiger partial charge in [-0.3, -0.25) is 13.8 Å². The fourth-order valence-electron chi connectivity index (χ4n) is 1.93. The quantitative estimate of drug-likeness (QED) is 0.135. The first-order valence-corrected chi connectivity index (χ1v) is 10.6. The molecule has 0 saturated carbocycles. The van der Waals surface area contributed by atoms with Gasteiger partial charge in [-0.25, -0.2) is 4.57 Å². The van der Waals surface area contributed by atoms with E-state index < -0.39 is 26.5 Å². The Morgan fingerprint density at radius 3 is 2.31 bits per heavy atom. The number of rotatable bonds is 16. The van der Waals surface area contributed by atoms with E-state index in [4.69, 9.17) is 13.8 Å². The molecule has 0 saturated heterocycles. The van der Waals surface area contributed by atoms with Crippen molar-refractivity contribution in [3.63, 3.8) is 0 Å². The van der Waals surface area contributed by atoms with Crippen LogP contribution in [0, 0.1) is 6.92 Å². The Morgan fingerprint density at radius 2 is 1.69 bits per heavy atom. The minimum atomic E-state index is -4.23. The van der Waals surface area contributed by atoms with Gasteiger partial charge in [0, 0.05) is 6.42 Å². The number of phosphoric acid groups is 1. The lowest BCUT2D eigenvalue weighted by Crippen LogP contribution is -2.37. The number of aliphatic hydroxyl groups excluding tert-OH is 1. The van der Waals surface area contributed by atoms with E-state index in [-0.39, 0.29) is 13.2 Å². The van der Waals surface area contributed by atoms with Crippen molar-refractivity contribution in [2.24, 2.45) is 0 Å². The lowest BCUT2D eigenvalue weighted by Gasteiger charge is -2.24. The molecule has 2 atom stereocenters. The van der Waals surface area contributed by atoms with Crippen molar-refractivity contribution in [3.05, 3.63) is 6.92 Å². The summed E-state index contributed by atoms with van der Waals surface area (Å²) in [6, 6.07) is 0. The summed E-state index contributed by atoms with van der Waals surface area (Å²) in [5.74, 6) is -0.396. The summed E-state index contributed by atoms with van der Waals surface area (Å²) in [4.78, 5) is 21.1. The molecule has 0 radical (unpaired) electrons. The molecule has 0 aromatic heterocycles. The molecular weight excluding hydrogens is 361 g/mol. The van der Waals surface area contributed by atoms with Crippen molar-refractivity contribution in [2.75, 3.05) is 47.5 Å². The summed E-state index contributed by atoms with van der Waals surface area (Å²) >= 11 is 0. The summed E-state index contributed by atoms with van der Waals surface area (Å²) in [7, 11) is 1.55.